The number of non-ortho nitro benzene ring substituents is 1. The molecule has 1 aromatic rings. The highest BCUT2D eigenvalue weighted by Crippen LogP contribution is 2.32. The summed E-state index contributed by atoms with van der Waals surface area (Å²) in [4.78, 5) is 10.3. The number of hydrogen-bond acceptors (Lipinski definition) is 4. The minimum atomic E-state index is -0.456. The molecule has 5 nitrogen and oxygen atoms in total. The maximum Gasteiger partial charge on any atom is 0.273 e. The first-order valence-electron chi connectivity index (χ1n) is 6.23. The second-order valence-electron chi connectivity index (χ2n) is 4.64. The summed E-state index contributed by atoms with van der Waals surface area (Å²) < 4.78 is 11.1. The molecule has 0 aromatic heterocycles. The lowest BCUT2D eigenvalue weighted by atomic mass is 9.95. The summed E-state index contributed by atoms with van der Waals surface area (Å²) in [6, 6.07) is 4.23. The van der Waals surface area contributed by atoms with Gasteiger partial charge in [-0.2, -0.15) is 0 Å². The molecule has 2 unspecified atom stereocenters. The monoisotopic (exact) mass is 285 g/mol. The van der Waals surface area contributed by atoms with Crippen LogP contribution in [0.2, 0.25) is 5.02 Å². The van der Waals surface area contributed by atoms with E-state index in [-0.39, 0.29) is 17.9 Å². The topological polar surface area (TPSA) is 61.6 Å². The van der Waals surface area contributed by atoms with Crippen LogP contribution in [-0.2, 0) is 4.74 Å². The maximum atomic E-state index is 10.7. The van der Waals surface area contributed by atoms with Gasteiger partial charge in [0.05, 0.1) is 22.1 Å². The SMILES string of the molecule is COC1CCCC(Oc2cc([N+](=O)[O-])ccc2Cl)C1. The van der Waals surface area contributed by atoms with E-state index in [1.54, 1.807) is 7.11 Å². The molecule has 6 heteroatoms. The Labute approximate surface area is 116 Å². The average molecular weight is 286 g/mol. The Morgan fingerprint density at radius 1 is 1.37 bits per heavy atom. The molecule has 1 aliphatic rings. The van der Waals surface area contributed by atoms with E-state index in [0.717, 1.165) is 25.7 Å². The number of hydrogen-bond donors (Lipinski definition) is 0. The number of nitro groups is 1. The average Bonchev–Trinajstić information content (AvgIpc) is 2.41. The van der Waals surface area contributed by atoms with E-state index in [9.17, 15) is 10.1 Å². The van der Waals surface area contributed by atoms with Crippen LogP contribution in [0, 0.1) is 10.1 Å². The molecular weight excluding hydrogens is 270 g/mol. The predicted molar refractivity (Wildman–Crippen MR) is 71.8 cm³/mol. The van der Waals surface area contributed by atoms with Crippen LogP contribution < -0.4 is 4.74 Å². The van der Waals surface area contributed by atoms with E-state index in [1.807, 2.05) is 0 Å². The zero-order valence-electron chi connectivity index (χ0n) is 10.7. The van der Waals surface area contributed by atoms with E-state index in [0.29, 0.717) is 10.8 Å². The summed E-state index contributed by atoms with van der Waals surface area (Å²) in [7, 11) is 1.69. The molecule has 0 N–H and O–H groups in total. The number of nitrogens with zero attached hydrogens (tertiary/aromatic N) is 1. The van der Waals surface area contributed by atoms with E-state index in [4.69, 9.17) is 21.1 Å². The van der Waals surface area contributed by atoms with Gasteiger partial charge in [0.25, 0.3) is 5.69 Å². The van der Waals surface area contributed by atoms with Gasteiger partial charge in [-0.05, 0) is 25.3 Å². The molecule has 0 aliphatic heterocycles. The predicted octanol–water partition coefficient (Wildman–Crippen LogP) is 3.58. The van der Waals surface area contributed by atoms with Gasteiger partial charge in [-0.3, -0.25) is 10.1 Å². The van der Waals surface area contributed by atoms with Gasteiger partial charge in [0, 0.05) is 19.6 Å². The van der Waals surface area contributed by atoms with Crippen molar-refractivity contribution in [1.29, 1.82) is 0 Å². The molecule has 1 aliphatic carbocycles. The molecule has 0 heterocycles. The Balaban J connectivity index is 2.09. The van der Waals surface area contributed by atoms with Gasteiger partial charge in [-0.1, -0.05) is 11.6 Å². The standard InChI is InChI=1S/C13H16ClNO4/c1-18-10-3-2-4-11(8-10)19-13-7-9(15(16)17)5-6-12(13)14/h5-7,10-11H,2-4,8H2,1H3. The summed E-state index contributed by atoms with van der Waals surface area (Å²) in [6.45, 7) is 0. The maximum absolute atomic E-state index is 10.7. The van der Waals surface area contributed by atoms with Crippen molar-refractivity contribution in [3.8, 4) is 5.75 Å². The number of ether oxygens (including phenoxy) is 2. The third-order valence-corrected chi connectivity index (χ3v) is 3.64. The summed E-state index contributed by atoms with van der Waals surface area (Å²) >= 11 is 6.01. The van der Waals surface area contributed by atoms with Crippen LogP contribution in [0.3, 0.4) is 0 Å². The molecule has 0 radical (unpaired) electrons. The van der Waals surface area contributed by atoms with Gasteiger partial charge in [0.2, 0.25) is 0 Å². The number of methoxy groups -OCH3 is 1. The molecule has 0 saturated heterocycles. The summed E-state index contributed by atoms with van der Waals surface area (Å²) in [5.41, 5.74) is -0.0153. The minimum absolute atomic E-state index is 0.00166. The second-order valence-corrected chi connectivity index (χ2v) is 5.04. The highest BCUT2D eigenvalue weighted by Gasteiger charge is 2.24. The van der Waals surface area contributed by atoms with Crippen molar-refractivity contribution in [2.24, 2.45) is 0 Å². The summed E-state index contributed by atoms with van der Waals surface area (Å²) in [5.74, 6) is 0.373. The van der Waals surface area contributed by atoms with Gasteiger partial charge in [0.15, 0.2) is 0 Å². The number of benzene rings is 1. The molecule has 1 fully saturated rings. The Bertz CT molecular complexity index is 466. The Morgan fingerprint density at radius 3 is 2.79 bits per heavy atom. The molecule has 1 aromatic carbocycles. The van der Waals surface area contributed by atoms with Gasteiger partial charge >= 0.3 is 0 Å². The fourth-order valence-corrected chi connectivity index (χ4v) is 2.46. The molecular formula is C13H16ClNO4. The van der Waals surface area contributed by atoms with Crippen molar-refractivity contribution >= 4 is 17.3 Å². The number of halogens is 1. The molecule has 2 rings (SSSR count). The lowest BCUT2D eigenvalue weighted by Gasteiger charge is -2.28. The molecule has 19 heavy (non-hydrogen) atoms. The Kier molecular flexibility index (Phi) is 4.61. The van der Waals surface area contributed by atoms with E-state index in [2.05, 4.69) is 0 Å². The third-order valence-electron chi connectivity index (χ3n) is 3.33. The summed E-state index contributed by atoms with van der Waals surface area (Å²) in [6.07, 6.45) is 3.94. The van der Waals surface area contributed by atoms with Crippen molar-refractivity contribution < 1.29 is 14.4 Å². The van der Waals surface area contributed by atoms with Gasteiger partial charge in [-0.15, -0.1) is 0 Å². The largest absolute Gasteiger partial charge is 0.489 e. The first-order valence-corrected chi connectivity index (χ1v) is 6.61. The Hall–Kier alpha value is -1.33. The zero-order chi connectivity index (χ0) is 13.8. The van der Waals surface area contributed by atoms with Crippen LogP contribution >= 0.6 is 11.6 Å². The van der Waals surface area contributed by atoms with E-state index >= 15 is 0 Å². The van der Waals surface area contributed by atoms with Gasteiger partial charge in [-0.25, -0.2) is 0 Å². The molecule has 0 bridgehead atoms. The summed E-state index contributed by atoms with van der Waals surface area (Å²) in [5, 5.41) is 11.1. The van der Waals surface area contributed by atoms with Gasteiger partial charge < -0.3 is 9.47 Å². The smallest absolute Gasteiger partial charge is 0.273 e. The molecule has 0 amide bonds. The Morgan fingerprint density at radius 2 is 2.11 bits per heavy atom. The van der Waals surface area contributed by atoms with Crippen LogP contribution in [0.5, 0.6) is 5.75 Å². The highest BCUT2D eigenvalue weighted by atomic mass is 35.5. The fourth-order valence-electron chi connectivity index (χ4n) is 2.30. The lowest BCUT2D eigenvalue weighted by Crippen LogP contribution is -2.29. The minimum Gasteiger partial charge on any atom is -0.489 e. The van der Waals surface area contributed by atoms with E-state index in [1.165, 1.54) is 18.2 Å². The van der Waals surface area contributed by atoms with Crippen LogP contribution in [-0.4, -0.2) is 24.2 Å². The molecule has 104 valence electrons. The number of rotatable bonds is 4. The molecule has 0 spiro atoms. The van der Waals surface area contributed by atoms with Crippen molar-refractivity contribution in [3.63, 3.8) is 0 Å². The molecule has 2 atom stereocenters. The third kappa shape index (κ3) is 3.58. The quantitative estimate of drug-likeness (QED) is 0.626. The molecule has 1 saturated carbocycles. The number of nitro benzene ring substituents is 1. The lowest BCUT2D eigenvalue weighted by molar-refractivity contribution is -0.384. The van der Waals surface area contributed by atoms with Crippen LogP contribution in [0.4, 0.5) is 5.69 Å². The highest BCUT2D eigenvalue weighted by molar-refractivity contribution is 6.32. The van der Waals surface area contributed by atoms with E-state index < -0.39 is 4.92 Å². The zero-order valence-corrected chi connectivity index (χ0v) is 11.4. The van der Waals surface area contributed by atoms with Crippen molar-refractivity contribution in [2.75, 3.05) is 7.11 Å². The van der Waals surface area contributed by atoms with Crippen LogP contribution in [0.25, 0.3) is 0 Å². The van der Waals surface area contributed by atoms with Gasteiger partial charge in [0.1, 0.15) is 11.9 Å². The van der Waals surface area contributed by atoms with Crippen molar-refractivity contribution in [3.05, 3.63) is 33.3 Å². The first kappa shape index (κ1) is 14.1. The second kappa shape index (κ2) is 6.21. The first-order chi connectivity index (χ1) is 9.10. The normalized spacial score (nSPS) is 23.1. The van der Waals surface area contributed by atoms with Crippen LogP contribution in [0.1, 0.15) is 25.7 Å². The fraction of sp³-hybridized carbons (Fsp3) is 0.538. The van der Waals surface area contributed by atoms with Crippen molar-refractivity contribution in [1.82, 2.24) is 0 Å². The van der Waals surface area contributed by atoms with Crippen LogP contribution in [0.15, 0.2) is 18.2 Å². The van der Waals surface area contributed by atoms with Crippen molar-refractivity contribution in [2.45, 2.75) is 37.9 Å².